The minimum Gasteiger partial charge on any atom is -0.399 e. The molecule has 0 unspecified atom stereocenters. The molecule has 2 N–H and O–H groups in total. The van der Waals surface area contributed by atoms with Gasteiger partial charge in [-0.05, 0) is 25.1 Å². The van der Waals surface area contributed by atoms with E-state index in [1.807, 2.05) is 6.92 Å². The van der Waals surface area contributed by atoms with Crippen LogP contribution < -0.4 is 5.73 Å². The van der Waals surface area contributed by atoms with Crippen molar-refractivity contribution in [1.82, 2.24) is 4.90 Å². The van der Waals surface area contributed by atoms with Gasteiger partial charge in [-0.15, -0.1) is 0 Å². The lowest BCUT2D eigenvalue weighted by molar-refractivity contribution is 0.0706. The first-order chi connectivity index (χ1) is 7.69. The fourth-order valence-corrected chi connectivity index (χ4v) is 1.46. The maximum Gasteiger partial charge on any atom is 0.253 e. The average molecular weight is 222 g/mol. The Balaban J connectivity index is 2.74. The summed E-state index contributed by atoms with van der Waals surface area (Å²) in [6.07, 6.45) is 0. The molecule has 4 heteroatoms. The normalized spacial score (nSPS) is 10.1. The number of methoxy groups -OCH3 is 1. The maximum absolute atomic E-state index is 12.0. The number of nitrogen functional groups attached to an aromatic ring is 1. The minimum atomic E-state index is -0.00755. The summed E-state index contributed by atoms with van der Waals surface area (Å²) in [5, 5.41) is 0. The van der Waals surface area contributed by atoms with Crippen LogP contribution in [0, 0.1) is 0 Å². The first kappa shape index (κ1) is 12.5. The Hall–Kier alpha value is -1.55. The van der Waals surface area contributed by atoms with Gasteiger partial charge in [0.05, 0.1) is 6.61 Å². The number of amides is 1. The molecular weight excluding hydrogens is 204 g/mol. The highest BCUT2D eigenvalue weighted by Crippen LogP contribution is 2.09. The van der Waals surface area contributed by atoms with Crippen LogP contribution in [-0.2, 0) is 4.74 Å². The van der Waals surface area contributed by atoms with Crippen LogP contribution >= 0.6 is 0 Å². The molecule has 4 nitrogen and oxygen atoms in total. The van der Waals surface area contributed by atoms with Crippen molar-refractivity contribution in [1.29, 1.82) is 0 Å². The van der Waals surface area contributed by atoms with E-state index in [2.05, 4.69) is 0 Å². The summed E-state index contributed by atoms with van der Waals surface area (Å²) in [5.74, 6) is -0.00755. The number of benzene rings is 1. The third-order valence-corrected chi connectivity index (χ3v) is 2.37. The minimum absolute atomic E-state index is 0.00755. The van der Waals surface area contributed by atoms with Gasteiger partial charge in [0.1, 0.15) is 0 Å². The number of carbonyl (C=O) groups excluding carboxylic acids is 1. The molecule has 0 saturated carbocycles. The molecule has 0 aromatic heterocycles. The summed E-state index contributed by atoms with van der Waals surface area (Å²) >= 11 is 0. The molecule has 16 heavy (non-hydrogen) atoms. The molecule has 0 bridgehead atoms. The molecule has 1 rings (SSSR count). The van der Waals surface area contributed by atoms with E-state index in [9.17, 15) is 4.79 Å². The molecule has 0 fully saturated rings. The van der Waals surface area contributed by atoms with Crippen LogP contribution in [0.5, 0.6) is 0 Å². The second kappa shape index (κ2) is 6.12. The lowest BCUT2D eigenvalue weighted by Crippen LogP contribution is -2.33. The van der Waals surface area contributed by atoms with Crippen molar-refractivity contribution in [3.8, 4) is 0 Å². The van der Waals surface area contributed by atoms with E-state index in [4.69, 9.17) is 10.5 Å². The van der Waals surface area contributed by atoms with E-state index in [1.54, 1.807) is 36.3 Å². The number of hydrogen-bond donors (Lipinski definition) is 1. The van der Waals surface area contributed by atoms with Crippen molar-refractivity contribution < 1.29 is 9.53 Å². The van der Waals surface area contributed by atoms with Gasteiger partial charge in [-0.2, -0.15) is 0 Å². The lowest BCUT2D eigenvalue weighted by Gasteiger charge is -2.20. The number of likely N-dealkylation sites (N-methyl/N-ethyl adjacent to an activating group) is 1. The van der Waals surface area contributed by atoms with Gasteiger partial charge in [0.25, 0.3) is 5.91 Å². The third kappa shape index (κ3) is 3.24. The monoisotopic (exact) mass is 222 g/mol. The Labute approximate surface area is 96.0 Å². The predicted octanol–water partition coefficient (Wildman–Crippen LogP) is 1.38. The first-order valence-corrected chi connectivity index (χ1v) is 5.32. The van der Waals surface area contributed by atoms with Gasteiger partial charge in [-0.1, -0.05) is 6.07 Å². The number of rotatable bonds is 5. The van der Waals surface area contributed by atoms with Gasteiger partial charge in [-0.25, -0.2) is 0 Å². The summed E-state index contributed by atoms with van der Waals surface area (Å²) in [7, 11) is 1.62. The topological polar surface area (TPSA) is 55.6 Å². The highest BCUT2D eigenvalue weighted by atomic mass is 16.5. The van der Waals surface area contributed by atoms with E-state index < -0.39 is 0 Å². The summed E-state index contributed by atoms with van der Waals surface area (Å²) in [6, 6.07) is 7.01. The van der Waals surface area contributed by atoms with Crippen LogP contribution in [0.15, 0.2) is 24.3 Å². The van der Waals surface area contributed by atoms with Gasteiger partial charge < -0.3 is 15.4 Å². The highest BCUT2D eigenvalue weighted by Gasteiger charge is 2.13. The quantitative estimate of drug-likeness (QED) is 0.766. The predicted molar refractivity (Wildman–Crippen MR) is 64.3 cm³/mol. The van der Waals surface area contributed by atoms with E-state index in [0.29, 0.717) is 30.9 Å². The maximum atomic E-state index is 12.0. The molecule has 0 aliphatic heterocycles. The van der Waals surface area contributed by atoms with Gasteiger partial charge in [0.15, 0.2) is 0 Å². The van der Waals surface area contributed by atoms with Crippen molar-refractivity contribution in [3.05, 3.63) is 29.8 Å². The molecular formula is C12H18N2O2. The third-order valence-electron chi connectivity index (χ3n) is 2.37. The molecule has 1 aromatic rings. The molecule has 0 radical (unpaired) electrons. The zero-order valence-electron chi connectivity index (χ0n) is 9.77. The molecule has 0 atom stereocenters. The Morgan fingerprint density at radius 2 is 2.25 bits per heavy atom. The molecule has 88 valence electrons. The molecule has 0 spiro atoms. The van der Waals surface area contributed by atoms with Crippen LogP contribution in [0.1, 0.15) is 17.3 Å². The second-order valence-corrected chi connectivity index (χ2v) is 3.50. The molecule has 1 amide bonds. The number of anilines is 1. The van der Waals surface area contributed by atoms with Crippen molar-refractivity contribution in [2.24, 2.45) is 0 Å². The highest BCUT2D eigenvalue weighted by molar-refractivity contribution is 5.95. The zero-order valence-corrected chi connectivity index (χ0v) is 9.77. The lowest BCUT2D eigenvalue weighted by atomic mass is 10.2. The van der Waals surface area contributed by atoms with Crippen LogP contribution in [0.25, 0.3) is 0 Å². The zero-order chi connectivity index (χ0) is 12.0. The van der Waals surface area contributed by atoms with Crippen LogP contribution in [0.4, 0.5) is 5.69 Å². The number of nitrogens with zero attached hydrogens (tertiary/aromatic N) is 1. The Kier molecular flexibility index (Phi) is 4.79. The number of hydrogen-bond acceptors (Lipinski definition) is 3. The average Bonchev–Trinajstić information content (AvgIpc) is 2.29. The van der Waals surface area contributed by atoms with E-state index in [1.165, 1.54) is 0 Å². The summed E-state index contributed by atoms with van der Waals surface area (Å²) in [4.78, 5) is 13.8. The molecule has 1 aromatic carbocycles. The molecule has 0 saturated heterocycles. The molecule has 0 aliphatic rings. The Bertz CT molecular complexity index is 353. The van der Waals surface area contributed by atoms with Crippen molar-refractivity contribution >= 4 is 11.6 Å². The van der Waals surface area contributed by atoms with Crippen LogP contribution in [-0.4, -0.2) is 37.6 Å². The fraction of sp³-hybridized carbons (Fsp3) is 0.417. The van der Waals surface area contributed by atoms with Crippen molar-refractivity contribution in [2.75, 3.05) is 32.5 Å². The van der Waals surface area contributed by atoms with Crippen LogP contribution in [0.2, 0.25) is 0 Å². The number of carbonyl (C=O) groups is 1. The summed E-state index contributed by atoms with van der Waals surface area (Å²) in [5.41, 5.74) is 6.87. The van der Waals surface area contributed by atoms with Gasteiger partial charge >= 0.3 is 0 Å². The fourth-order valence-electron chi connectivity index (χ4n) is 1.46. The standard InChI is InChI=1S/C12H18N2O2/c1-3-14(7-8-16-2)12(15)10-5-4-6-11(13)9-10/h4-6,9H,3,7-8,13H2,1-2H3. The SMILES string of the molecule is CCN(CCOC)C(=O)c1cccc(N)c1. The Morgan fingerprint density at radius 3 is 2.81 bits per heavy atom. The van der Waals surface area contributed by atoms with E-state index in [0.717, 1.165) is 0 Å². The van der Waals surface area contributed by atoms with Crippen molar-refractivity contribution in [2.45, 2.75) is 6.92 Å². The van der Waals surface area contributed by atoms with Gasteiger partial charge in [0.2, 0.25) is 0 Å². The largest absolute Gasteiger partial charge is 0.399 e. The van der Waals surface area contributed by atoms with Gasteiger partial charge in [0, 0.05) is 31.5 Å². The summed E-state index contributed by atoms with van der Waals surface area (Å²) in [6.45, 7) is 3.75. The van der Waals surface area contributed by atoms with Crippen molar-refractivity contribution in [3.63, 3.8) is 0 Å². The molecule has 0 heterocycles. The smallest absolute Gasteiger partial charge is 0.253 e. The van der Waals surface area contributed by atoms with E-state index in [-0.39, 0.29) is 5.91 Å². The van der Waals surface area contributed by atoms with E-state index >= 15 is 0 Å². The Morgan fingerprint density at radius 1 is 1.50 bits per heavy atom. The number of nitrogens with two attached hydrogens (primary N) is 1. The molecule has 0 aliphatic carbocycles. The van der Waals surface area contributed by atoms with Crippen LogP contribution in [0.3, 0.4) is 0 Å². The first-order valence-electron chi connectivity index (χ1n) is 5.32. The van der Waals surface area contributed by atoms with Gasteiger partial charge in [-0.3, -0.25) is 4.79 Å². The summed E-state index contributed by atoms with van der Waals surface area (Å²) < 4.78 is 4.97. The second-order valence-electron chi connectivity index (χ2n) is 3.50. The number of ether oxygens (including phenoxy) is 1.